The molecule has 2 aromatic rings. The maximum Gasteiger partial charge on any atom is 0.247 e. The van der Waals surface area contributed by atoms with E-state index in [1.165, 1.54) is 17.0 Å². The number of carbonyl (C=O) groups is 2. The van der Waals surface area contributed by atoms with Crippen LogP contribution in [-0.2, 0) is 16.1 Å². The van der Waals surface area contributed by atoms with Crippen molar-refractivity contribution in [3.8, 4) is 0 Å². The fourth-order valence-electron chi connectivity index (χ4n) is 4.09. The molecule has 0 radical (unpaired) electrons. The molecule has 0 saturated heterocycles. The second-order valence-electron chi connectivity index (χ2n) is 8.56. The number of hydrogen-bond donors (Lipinski definition) is 1. The van der Waals surface area contributed by atoms with Gasteiger partial charge in [0.25, 0.3) is 0 Å². The molecule has 4 nitrogen and oxygen atoms in total. The average Bonchev–Trinajstić information content (AvgIpc) is 2.77. The van der Waals surface area contributed by atoms with Crippen LogP contribution in [0.3, 0.4) is 0 Å². The first-order valence-electron chi connectivity index (χ1n) is 10.8. The number of amides is 2. The molecule has 166 valence electrons. The lowest BCUT2D eigenvalue weighted by Gasteiger charge is -2.34. The molecule has 1 saturated carbocycles. The van der Waals surface area contributed by atoms with E-state index in [0.717, 1.165) is 36.8 Å². The smallest absolute Gasteiger partial charge is 0.247 e. The van der Waals surface area contributed by atoms with Crippen molar-refractivity contribution >= 4 is 23.4 Å². The minimum absolute atomic E-state index is 0.0824. The van der Waals surface area contributed by atoms with Crippen LogP contribution in [0.4, 0.5) is 4.39 Å². The zero-order valence-electron chi connectivity index (χ0n) is 18.1. The lowest BCUT2D eigenvalue weighted by Crippen LogP contribution is -2.47. The van der Waals surface area contributed by atoms with Gasteiger partial charge in [0.2, 0.25) is 11.8 Å². The monoisotopic (exact) mass is 444 g/mol. The van der Waals surface area contributed by atoms with Gasteiger partial charge in [0.1, 0.15) is 17.7 Å². The van der Waals surface area contributed by atoms with E-state index < -0.39 is 11.9 Å². The van der Waals surface area contributed by atoms with Crippen molar-refractivity contribution in [3.05, 3.63) is 71.0 Å². The predicted molar refractivity (Wildman–Crippen MR) is 121 cm³/mol. The van der Waals surface area contributed by atoms with E-state index in [0.29, 0.717) is 11.5 Å². The minimum Gasteiger partial charge on any atom is -0.351 e. The van der Waals surface area contributed by atoms with Gasteiger partial charge in [-0.05, 0) is 61.8 Å². The van der Waals surface area contributed by atoms with E-state index in [2.05, 4.69) is 12.2 Å². The molecule has 0 spiro atoms. The summed E-state index contributed by atoms with van der Waals surface area (Å²) < 4.78 is 13.6. The average molecular weight is 445 g/mol. The summed E-state index contributed by atoms with van der Waals surface area (Å²) in [4.78, 5) is 27.8. The number of benzene rings is 2. The zero-order valence-corrected chi connectivity index (χ0v) is 18.9. The third-order valence-corrected chi connectivity index (χ3v) is 6.24. The van der Waals surface area contributed by atoms with E-state index in [-0.39, 0.29) is 30.3 Å². The highest BCUT2D eigenvalue weighted by Gasteiger charge is 2.33. The lowest BCUT2D eigenvalue weighted by atomic mass is 9.87. The summed E-state index contributed by atoms with van der Waals surface area (Å²) in [5, 5.41) is 3.14. The fraction of sp³-hybridized carbons (Fsp3) is 0.440. The lowest BCUT2D eigenvalue weighted by molar-refractivity contribution is -0.140. The topological polar surface area (TPSA) is 49.4 Å². The Kier molecular flexibility index (Phi) is 8.08. The summed E-state index contributed by atoms with van der Waals surface area (Å²) in [6.45, 7) is 4.45. The molecule has 1 unspecified atom stereocenters. The van der Waals surface area contributed by atoms with Gasteiger partial charge in [-0.2, -0.15) is 0 Å². The van der Waals surface area contributed by atoms with Gasteiger partial charge in [0, 0.05) is 12.6 Å². The van der Waals surface area contributed by atoms with Gasteiger partial charge in [-0.25, -0.2) is 4.39 Å². The second-order valence-corrected chi connectivity index (χ2v) is 8.83. The number of rotatable bonds is 7. The number of nitrogens with zero attached hydrogens (tertiary/aromatic N) is 1. The Bertz CT molecular complexity index is 877. The maximum absolute atomic E-state index is 13.6. The number of carbonyl (C=O) groups excluding carboxylic acids is 2. The van der Waals surface area contributed by atoms with Crippen LogP contribution in [-0.4, -0.2) is 28.6 Å². The minimum atomic E-state index is -0.882. The molecular formula is C25H30ClFN2O2. The van der Waals surface area contributed by atoms with Crippen LogP contribution in [0.1, 0.15) is 55.3 Å². The quantitative estimate of drug-likeness (QED) is 0.601. The molecule has 0 aromatic heterocycles. The zero-order chi connectivity index (χ0) is 22.4. The van der Waals surface area contributed by atoms with Gasteiger partial charge in [-0.3, -0.25) is 9.59 Å². The summed E-state index contributed by atoms with van der Waals surface area (Å²) in [6.07, 6.45) is 3.98. The normalized spacial score (nSPS) is 19.5. The van der Waals surface area contributed by atoms with Crippen molar-refractivity contribution in [2.75, 3.05) is 5.88 Å². The molecule has 2 aromatic carbocycles. The Labute approximate surface area is 188 Å². The molecular weight excluding hydrogens is 415 g/mol. The van der Waals surface area contributed by atoms with Crippen molar-refractivity contribution < 1.29 is 14.0 Å². The molecule has 0 aliphatic heterocycles. The SMILES string of the molecule is Cc1ccc(CN(C(=O)CCl)C(C(=O)NC2CCC(C)CC2)c2ccc(F)cc2)cc1. The Morgan fingerprint density at radius 1 is 1.06 bits per heavy atom. The van der Waals surface area contributed by atoms with Crippen LogP contribution >= 0.6 is 11.6 Å². The summed E-state index contributed by atoms with van der Waals surface area (Å²) in [5.41, 5.74) is 2.57. The summed E-state index contributed by atoms with van der Waals surface area (Å²) in [5.74, 6) is -0.562. The maximum atomic E-state index is 13.6. The number of alkyl halides is 1. The van der Waals surface area contributed by atoms with Crippen molar-refractivity contribution in [1.29, 1.82) is 0 Å². The molecule has 31 heavy (non-hydrogen) atoms. The van der Waals surface area contributed by atoms with Gasteiger partial charge < -0.3 is 10.2 Å². The van der Waals surface area contributed by atoms with Crippen LogP contribution in [0.15, 0.2) is 48.5 Å². The van der Waals surface area contributed by atoms with Crippen LogP contribution < -0.4 is 5.32 Å². The first-order valence-corrected chi connectivity index (χ1v) is 11.4. The first-order chi connectivity index (χ1) is 14.9. The van der Waals surface area contributed by atoms with Gasteiger partial charge in [0.05, 0.1) is 0 Å². The van der Waals surface area contributed by atoms with Crippen LogP contribution in [0, 0.1) is 18.7 Å². The number of nitrogens with one attached hydrogen (secondary N) is 1. The molecule has 1 fully saturated rings. The second kappa shape index (κ2) is 10.8. The van der Waals surface area contributed by atoms with E-state index in [9.17, 15) is 14.0 Å². The van der Waals surface area contributed by atoms with Gasteiger partial charge in [0.15, 0.2) is 0 Å². The largest absolute Gasteiger partial charge is 0.351 e. The Hall–Kier alpha value is -2.40. The number of aryl methyl sites for hydroxylation is 1. The van der Waals surface area contributed by atoms with Crippen molar-refractivity contribution in [2.24, 2.45) is 5.92 Å². The van der Waals surface area contributed by atoms with Gasteiger partial charge >= 0.3 is 0 Å². The molecule has 0 heterocycles. The van der Waals surface area contributed by atoms with E-state index in [1.54, 1.807) is 12.1 Å². The molecule has 3 rings (SSSR count). The number of hydrogen-bond acceptors (Lipinski definition) is 2. The third kappa shape index (κ3) is 6.30. The van der Waals surface area contributed by atoms with Crippen LogP contribution in [0.25, 0.3) is 0 Å². The van der Waals surface area contributed by atoms with Crippen LogP contribution in [0.5, 0.6) is 0 Å². The van der Waals surface area contributed by atoms with E-state index >= 15 is 0 Å². The molecule has 2 amide bonds. The van der Waals surface area contributed by atoms with Gasteiger partial charge in [-0.15, -0.1) is 11.6 Å². The summed E-state index contributed by atoms with van der Waals surface area (Å²) >= 11 is 5.92. The molecule has 0 bridgehead atoms. The predicted octanol–water partition coefficient (Wildman–Crippen LogP) is 5.14. The van der Waals surface area contributed by atoms with Crippen molar-refractivity contribution in [1.82, 2.24) is 10.2 Å². The fourth-order valence-corrected chi connectivity index (χ4v) is 4.25. The Balaban J connectivity index is 1.90. The molecule has 1 N–H and O–H groups in total. The number of halogens is 2. The van der Waals surface area contributed by atoms with Crippen molar-refractivity contribution in [2.45, 2.75) is 58.2 Å². The molecule has 6 heteroatoms. The molecule has 1 aliphatic carbocycles. The highest BCUT2D eigenvalue weighted by atomic mass is 35.5. The molecule has 1 atom stereocenters. The van der Waals surface area contributed by atoms with E-state index in [1.807, 2.05) is 31.2 Å². The highest BCUT2D eigenvalue weighted by molar-refractivity contribution is 6.27. The highest BCUT2D eigenvalue weighted by Crippen LogP contribution is 2.28. The summed E-state index contributed by atoms with van der Waals surface area (Å²) in [7, 11) is 0. The Morgan fingerprint density at radius 2 is 1.68 bits per heavy atom. The van der Waals surface area contributed by atoms with Crippen molar-refractivity contribution in [3.63, 3.8) is 0 Å². The van der Waals surface area contributed by atoms with E-state index in [4.69, 9.17) is 11.6 Å². The Morgan fingerprint density at radius 3 is 2.26 bits per heavy atom. The molecule has 1 aliphatic rings. The standard InChI is InChI=1S/C25H30ClFN2O2/c1-17-3-7-19(8-4-17)16-29(23(30)15-26)24(20-9-11-21(27)12-10-20)25(31)28-22-13-5-18(2)6-14-22/h3-4,7-12,18,22,24H,5-6,13-16H2,1-2H3,(H,28,31). The summed E-state index contributed by atoms with van der Waals surface area (Å²) in [6, 6.07) is 12.8. The third-order valence-electron chi connectivity index (χ3n) is 6.02. The first kappa shape index (κ1) is 23.3. The van der Waals surface area contributed by atoms with Gasteiger partial charge in [-0.1, -0.05) is 48.9 Å². The van der Waals surface area contributed by atoms with Crippen LogP contribution in [0.2, 0.25) is 0 Å².